The summed E-state index contributed by atoms with van der Waals surface area (Å²) in [5, 5.41) is 0. The van der Waals surface area contributed by atoms with Crippen molar-refractivity contribution in [3.8, 4) is 5.75 Å². The molecule has 0 spiro atoms. The van der Waals surface area contributed by atoms with Crippen LogP contribution in [0.3, 0.4) is 0 Å². The number of carbonyl (C=O) groups excluding carboxylic acids is 1. The molecule has 1 aliphatic carbocycles. The third-order valence-electron chi connectivity index (χ3n) is 5.72. The van der Waals surface area contributed by atoms with Crippen LogP contribution in [0.4, 0.5) is 5.69 Å². The highest BCUT2D eigenvalue weighted by atomic mass is 32.2. The lowest BCUT2D eigenvalue weighted by Crippen LogP contribution is -2.47. The SMILES string of the molecule is COc1cccc(N(C)C(=O)CN(C2CCCCC2)S(=O)(=O)c2ccc(C)cc2)c1. The van der Waals surface area contributed by atoms with Gasteiger partial charge in [-0.1, -0.05) is 43.0 Å². The molecule has 0 aromatic heterocycles. The molecule has 1 fully saturated rings. The van der Waals surface area contributed by atoms with E-state index in [0.717, 1.165) is 37.7 Å². The lowest BCUT2D eigenvalue weighted by atomic mass is 9.95. The molecule has 3 rings (SSSR count). The van der Waals surface area contributed by atoms with Crippen molar-refractivity contribution < 1.29 is 17.9 Å². The predicted octanol–water partition coefficient (Wildman–Crippen LogP) is 3.99. The van der Waals surface area contributed by atoms with Gasteiger partial charge >= 0.3 is 0 Å². The maximum atomic E-state index is 13.5. The van der Waals surface area contributed by atoms with Crippen LogP contribution < -0.4 is 9.64 Å². The zero-order chi connectivity index (χ0) is 21.7. The van der Waals surface area contributed by atoms with Crippen molar-refractivity contribution in [2.75, 3.05) is 25.6 Å². The van der Waals surface area contributed by atoms with Gasteiger partial charge in [0, 0.05) is 24.8 Å². The van der Waals surface area contributed by atoms with Crippen LogP contribution in [0.1, 0.15) is 37.7 Å². The molecule has 0 atom stereocenters. The summed E-state index contributed by atoms with van der Waals surface area (Å²) in [5.74, 6) is 0.369. The van der Waals surface area contributed by atoms with Crippen LogP contribution in [-0.4, -0.2) is 45.4 Å². The Balaban J connectivity index is 1.88. The molecule has 0 N–H and O–H groups in total. The standard InChI is InChI=1S/C23H30N2O4S/c1-18-12-14-22(15-13-18)30(27,28)25(19-8-5-4-6-9-19)17-23(26)24(2)20-10-7-11-21(16-20)29-3/h7,10-16,19H,4-6,8-9,17H2,1-3H3. The Bertz CT molecular complexity index is 967. The Morgan fingerprint density at radius 2 is 1.73 bits per heavy atom. The predicted molar refractivity (Wildman–Crippen MR) is 118 cm³/mol. The minimum absolute atomic E-state index is 0.160. The summed E-state index contributed by atoms with van der Waals surface area (Å²) in [5.41, 5.74) is 1.66. The number of amides is 1. The van der Waals surface area contributed by atoms with Crippen molar-refractivity contribution >= 4 is 21.6 Å². The van der Waals surface area contributed by atoms with E-state index in [1.807, 2.05) is 6.92 Å². The average Bonchev–Trinajstić information content (AvgIpc) is 2.77. The summed E-state index contributed by atoms with van der Waals surface area (Å²) in [6.45, 7) is 1.73. The number of hydrogen-bond donors (Lipinski definition) is 0. The lowest BCUT2D eigenvalue weighted by molar-refractivity contribution is -0.119. The molecule has 30 heavy (non-hydrogen) atoms. The molecule has 2 aromatic rings. The number of likely N-dealkylation sites (N-methyl/N-ethyl adjacent to an activating group) is 1. The van der Waals surface area contributed by atoms with E-state index in [0.29, 0.717) is 11.4 Å². The smallest absolute Gasteiger partial charge is 0.243 e. The maximum Gasteiger partial charge on any atom is 0.243 e. The van der Waals surface area contributed by atoms with Gasteiger partial charge in [0.05, 0.1) is 18.6 Å². The van der Waals surface area contributed by atoms with Crippen LogP contribution in [0, 0.1) is 6.92 Å². The number of rotatable bonds is 7. The minimum Gasteiger partial charge on any atom is -0.497 e. The van der Waals surface area contributed by atoms with Gasteiger partial charge in [0.1, 0.15) is 5.75 Å². The monoisotopic (exact) mass is 430 g/mol. The van der Waals surface area contributed by atoms with E-state index >= 15 is 0 Å². The van der Waals surface area contributed by atoms with Gasteiger partial charge in [0.25, 0.3) is 0 Å². The number of aryl methyl sites for hydroxylation is 1. The fraction of sp³-hybridized carbons (Fsp3) is 0.435. The molecule has 0 unspecified atom stereocenters. The molecule has 7 heteroatoms. The van der Waals surface area contributed by atoms with Gasteiger partial charge in [-0.25, -0.2) is 8.42 Å². The Morgan fingerprint density at radius 3 is 2.37 bits per heavy atom. The van der Waals surface area contributed by atoms with Crippen molar-refractivity contribution in [2.45, 2.75) is 50.0 Å². The zero-order valence-electron chi connectivity index (χ0n) is 17.9. The summed E-state index contributed by atoms with van der Waals surface area (Å²) in [6, 6.07) is 13.8. The second-order valence-corrected chi connectivity index (χ2v) is 9.70. The first-order valence-electron chi connectivity index (χ1n) is 10.3. The summed E-state index contributed by atoms with van der Waals surface area (Å²) < 4.78 is 33.6. The topological polar surface area (TPSA) is 66.9 Å². The van der Waals surface area contributed by atoms with E-state index in [1.165, 1.54) is 9.21 Å². The van der Waals surface area contributed by atoms with Crippen LogP contribution >= 0.6 is 0 Å². The van der Waals surface area contributed by atoms with E-state index in [2.05, 4.69) is 0 Å². The summed E-state index contributed by atoms with van der Waals surface area (Å²) in [4.78, 5) is 14.8. The molecule has 162 valence electrons. The molecule has 1 aliphatic rings. The molecule has 2 aromatic carbocycles. The third-order valence-corrected chi connectivity index (χ3v) is 7.63. The molecule has 1 amide bonds. The van der Waals surface area contributed by atoms with Crippen molar-refractivity contribution in [2.24, 2.45) is 0 Å². The molecule has 6 nitrogen and oxygen atoms in total. The van der Waals surface area contributed by atoms with Crippen LogP contribution in [0.15, 0.2) is 53.4 Å². The first kappa shape index (κ1) is 22.3. The Kier molecular flexibility index (Phi) is 7.15. The highest BCUT2D eigenvalue weighted by Gasteiger charge is 2.34. The van der Waals surface area contributed by atoms with Gasteiger partial charge in [-0.05, 0) is 44.0 Å². The number of carbonyl (C=O) groups is 1. The van der Waals surface area contributed by atoms with Crippen molar-refractivity contribution in [3.63, 3.8) is 0 Å². The first-order valence-corrected chi connectivity index (χ1v) is 11.8. The van der Waals surface area contributed by atoms with Gasteiger partial charge in [0.2, 0.25) is 15.9 Å². The summed E-state index contributed by atoms with van der Waals surface area (Å²) in [7, 11) is -0.549. The second-order valence-electron chi connectivity index (χ2n) is 7.81. The number of ether oxygens (including phenoxy) is 1. The van der Waals surface area contributed by atoms with E-state index in [1.54, 1.807) is 62.7 Å². The molecular weight excluding hydrogens is 400 g/mol. The van der Waals surface area contributed by atoms with E-state index in [-0.39, 0.29) is 23.4 Å². The summed E-state index contributed by atoms with van der Waals surface area (Å²) in [6.07, 6.45) is 4.62. The van der Waals surface area contributed by atoms with Gasteiger partial charge in [-0.15, -0.1) is 0 Å². The number of methoxy groups -OCH3 is 1. The fourth-order valence-electron chi connectivity index (χ4n) is 3.83. The Labute approximate surface area is 179 Å². The van der Waals surface area contributed by atoms with Crippen LogP contribution in [0.5, 0.6) is 5.75 Å². The highest BCUT2D eigenvalue weighted by molar-refractivity contribution is 7.89. The highest BCUT2D eigenvalue weighted by Crippen LogP contribution is 2.28. The van der Waals surface area contributed by atoms with Crippen LogP contribution in [0.25, 0.3) is 0 Å². The normalized spacial score (nSPS) is 15.2. The van der Waals surface area contributed by atoms with E-state index in [4.69, 9.17) is 4.74 Å². The largest absolute Gasteiger partial charge is 0.497 e. The number of hydrogen-bond acceptors (Lipinski definition) is 4. The first-order chi connectivity index (χ1) is 14.3. The van der Waals surface area contributed by atoms with Gasteiger partial charge in [0.15, 0.2) is 0 Å². The van der Waals surface area contributed by atoms with Crippen molar-refractivity contribution in [3.05, 3.63) is 54.1 Å². The van der Waals surface area contributed by atoms with Crippen molar-refractivity contribution in [1.29, 1.82) is 0 Å². The molecule has 0 radical (unpaired) electrons. The number of anilines is 1. The lowest BCUT2D eigenvalue weighted by Gasteiger charge is -2.34. The van der Waals surface area contributed by atoms with Gasteiger partial charge in [-0.3, -0.25) is 4.79 Å². The van der Waals surface area contributed by atoms with Crippen LogP contribution in [0.2, 0.25) is 0 Å². The van der Waals surface area contributed by atoms with Crippen molar-refractivity contribution in [1.82, 2.24) is 4.31 Å². The van der Waals surface area contributed by atoms with Gasteiger partial charge in [-0.2, -0.15) is 4.31 Å². The minimum atomic E-state index is -3.78. The molecule has 1 saturated carbocycles. The number of sulfonamides is 1. The second kappa shape index (κ2) is 9.62. The number of benzene rings is 2. The van der Waals surface area contributed by atoms with Gasteiger partial charge < -0.3 is 9.64 Å². The molecule has 0 aliphatic heterocycles. The zero-order valence-corrected chi connectivity index (χ0v) is 18.7. The molecular formula is C23H30N2O4S. The van der Waals surface area contributed by atoms with E-state index in [9.17, 15) is 13.2 Å². The number of nitrogens with zero attached hydrogens (tertiary/aromatic N) is 2. The Hall–Kier alpha value is -2.38. The fourth-order valence-corrected chi connectivity index (χ4v) is 5.46. The average molecular weight is 431 g/mol. The molecule has 0 bridgehead atoms. The molecule has 0 saturated heterocycles. The quantitative estimate of drug-likeness (QED) is 0.666. The van der Waals surface area contributed by atoms with Crippen LogP contribution in [-0.2, 0) is 14.8 Å². The third kappa shape index (κ3) is 5.02. The molecule has 0 heterocycles. The summed E-state index contributed by atoms with van der Waals surface area (Å²) >= 11 is 0. The van der Waals surface area contributed by atoms with E-state index < -0.39 is 10.0 Å². The maximum absolute atomic E-state index is 13.5. The Morgan fingerprint density at radius 1 is 1.07 bits per heavy atom.